The lowest BCUT2D eigenvalue weighted by atomic mass is 10.3. The summed E-state index contributed by atoms with van der Waals surface area (Å²) in [6.07, 6.45) is 1.93. The van der Waals surface area contributed by atoms with Crippen LogP contribution in [0.2, 0.25) is 0 Å². The summed E-state index contributed by atoms with van der Waals surface area (Å²) in [7, 11) is 0. The Balaban J connectivity index is 2.99. The Morgan fingerprint density at radius 1 is 0.545 bits per heavy atom. The van der Waals surface area contributed by atoms with E-state index in [1.165, 1.54) is 0 Å². The molecule has 0 unspecified atom stereocenters. The van der Waals surface area contributed by atoms with Crippen LogP contribution >= 0.6 is 23.2 Å². The van der Waals surface area contributed by atoms with E-state index in [0.717, 1.165) is 0 Å². The summed E-state index contributed by atoms with van der Waals surface area (Å²) in [5.41, 5.74) is 0. The molecule has 0 atom stereocenters. The van der Waals surface area contributed by atoms with Crippen LogP contribution in [0.4, 0.5) is 0 Å². The molecule has 0 rings (SSSR count). The van der Waals surface area contributed by atoms with Gasteiger partial charge < -0.3 is 18.9 Å². The van der Waals surface area contributed by atoms with Crippen molar-refractivity contribution in [2.24, 2.45) is 0 Å². The Hall–Kier alpha value is -0.240. The molecule has 0 aliphatic rings. The van der Waals surface area contributed by atoms with Crippen molar-refractivity contribution in [1.82, 2.24) is 0 Å². The van der Waals surface area contributed by atoms with Crippen molar-refractivity contribution in [3.05, 3.63) is 0 Å². The molecule has 0 aromatic carbocycles. The normalized spacial score (nSPS) is 10.8. The van der Waals surface area contributed by atoms with Gasteiger partial charge in [0.05, 0.1) is 39.6 Å². The number of ether oxygens (including phenoxy) is 4. The minimum atomic E-state index is -0.339. The molecule has 0 aliphatic heterocycles. The minimum Gasteiger partial charge on any atom is -0.379 e. The van der Waals surface area contributed by atoms with E-state index in [1.54, 1.807) is 0 Å². The molecule has 0 aromatic rings. The Kier molecular flexibility index (Phi) is 16.9. The van der Waals surface area contributed by atoms with Crippen LogP contribution < -0.4 is 0 Å². The first kappa shape index (κ1) is 21.8. The number of carbonyl (C=O) groups is 2. The van der Waals surface area contributed by atoms with Gasteiger partial charge in [-0.2, -0.15) is 0 Å². The molecule has 0 aromatic heterocycles. The molecule has 0 heterocycles. The Bertz CT molecular complexity index is 261. The molecule has 0 bridgehead atoms. The largest absolute Gasteiger partial charge is 0.379 e. The lowest BCUT2D eigenvalue weighted by Gasteiger charge is -2.07. The van der Waals surface area contributed by atoms with Gasteiger partial charge in [0.25, 0.3) is 0 Å². The second-order valence-electron chi connectivity index (χ2n) is 4.37. The molecule has 0 N–H and O–H groups in total. The van der Waals surface area contributed by atoms with E-state index in [2.05, 4.69) is 0 Å². The van der Waals surface area contributed by atoms with Crippen LogP contribution in [0.3, 0.4) is 0 Å². The van der Waals surface area contributed by atoms with Crippen molar-refractivity contribution in [1.29, 1.82) is 0 Å². The van der Waals surface area contributed by atoms with E-state index >= 15 is 0 Å². The number of carbonyl (C=O) groups excluding carboxylic acids is 2. The van der Waals surface area contributed by atoms with E-state index in [1.807, 2.05) is 0 Å². The third kappa shape index (κ3) is 19.8. The first-order valence-electron chi connectivity index (χ1n) is 7.30. The van der Waals surface area contributed by atoms with Crippen LogP contribution in [0.5, 0.6) is 0 Å². The first-order chi connectivity index (χ1) is 10.6. The second-order valence-corrected chi connectivity index (χ2v) is 5.21. The van der Waals surface area contributed by atoms with Crippen LogP contribution in [0.15, 0.2) is 0 Å². The summed E-state index contributed by atoms with van der Waals surface area (Å²) in [6, 6.07) is 0. The van der Waals surface area contributed by atoms with Crippen LogP contribution in [-0.2, 0) is 28.5 Å². The zero-order chi connectivity index (χ0) is 16.5. The monoisotopic (exact) mass is 358 g/mol. The summed E-state index contributed by atoms with van der Waals surface area (Å²) >= 11 is 10.4. The van der Waals surface area contributed by atoms with E-state index in [4.69, 9.17) is 42.1 Å². The van der Waals surface area contributed by atoms with Gasteiger partial charge >= 0.3 is 0 Å². The fraction of sp³-hybridized carbons (Fsp3) is 0.857. The van der Waals surface area contributed by atoms with Gasteiger partial charge in [-0.3, -0.25) is 9.59 Å². The average Bonchev–Trinajstić information content (AvgIpc) is 2.46. The predicted molar refractivity (Wildman–Crippen MR) is 83.5 cm³/mol. The van der Waals surface area contributed by atoms with Gasteiger partial charge in [0.2, 0.25) is 10.5 Å². The molecule has 8 heteroatoms. The quantitative estimate of drug-likeness (QED) is 0.293. The molecular formula is C14H24Cl2O6. The number of halogens is 2. The summed E-state index contributed by atoms with van der Waals surface area (Å²) in [5, 5.41) is -0.679. The highest BCUT2D eigenvalue weighted by Crippen LogP contribution is 1.95. The second kappa shape index (κ2) is 17.1. The molecular weight excluding hydrogens is 335 g/mol. The van der Waals surface area contributed by atoms with Crippen molar-refractivity contribution in [3.63, 3.8) is 0 Å². The molecule has 22 heavy (non-hydrogen) atoms. The van der Waals surface area contributed by atoms with Gasteiger partial charge in [-0.15, -0.1) is 0 Å². The van der Waals surface area contributed by atoms with Gasteiger partial charge in [0, 0.05) is 26.1 Å². The van der Waals surface area contributed by atoms with Crippen LogP contribution in [0.1, 0.15) is 25.7 Å². The summed E-state index contributed by atoms with van der Waals surface area (Å²) in [5.74, 6) is 0. The van der Waals surface area contributed by atoms with Gasteiger partial charge in [-0.1, -0.05) is 0 Å². The van der Waals surface area contributed by atoms with E-state index in [9.17, 15) is 9.59 Å². The molecule has 6 nitrogen and oxygen atoms in total. The highest BCUT2D eigenvalue weighted by atomic mass is 35.5. The first-order valence-corrected chi connectivity index (χ1v) is 8.06. The Labute approximate surface area is 141 Å². The molecule has 0 saturated heterocycles. The van der Waals surface area contributed by atoms with E-state index in [-0.39, 0.29) is 10.5 Å². The fourth-order valence-corrected chi connectivity index (χ4v) is 1.66. The number of rotatable bonds is 17. The Morgan fingerprint density at radius 3 is 1.09 bits per heavy atom. The molecule has 0 saturated carbocycles. The molecule has 0 spiro atoms. The van der Waals surface area contributed by atoms with Gasteiger partial charge in [-0.05, 0) is 36.0 Å². The van der Waals surface area contributed by atoms with E-state index < -0.39 is 0 Å². The summed E-state index contributed by atoms with van der Waals surface area (Å²) < 4.78 is 21.1. The van der Waals surface area contributed by atoms with Crippen molar-refractivity contribution in [3.8, 4) is 0 Å². The van der Waals surface area contributed by atoms with Crippen LogP contribution in [-0.4, -0.2) is 63.3 Å². The standard InChI is InChI=1S/C14H24Cl2O6/c15-13(17)3-1-5-19-7-9-21-11-12-22-10-8-20-6-2-4-14(16)18/h1-12H2. The maximum Gasteiger partial charge on any atom is 0.221 e. The zero-order valence-electron chi connectivity index (χ0n) is 12.7. The lowest BCUT2D eigenvalue weighted by Crippen LogP contribution is -2.12. The smallest absolute Gasteiger partial charge is 0.221 e. The predicted octanol–water partition coefficient (Wildman–Crippen LogP) is 2.14. The molecule has 0 radical (unpaired) electrons. The van der Waals surface area contributed by atoms with Crippen molar-refractivity contribution >= 4 is 33.7 Å². The third-order valence-corrected chi connectivity index (χ3v) is 2.82. The third-order valence-electron chi connectivity index (χ3n) is 2.44. The SMILES string of the molecule is O=C(Cl)CCCOCCOCCOCCOCCCC(=O)Cl. The highest BCUT2D eigenvalue weighted by molar-refractivity contribution is 6.63. The Morgan fingerprint density at radius 2 is 0.818 bits per heavy atom. The topological polar surface area (TPSA) is 71.1 Å². The van der Waals surface area contributed by atoms with Gasteiger partial charge in [0.1, 0.15) is 0 Å². The number of hydrogen-bond acceptors (Lipinski definition) is 6. The van der Waals surface area contributed by atoms with E-state index in [0.29, 0.717) is 78.5 Å². The van der Waals surface area contributed by atoms with Crippen LogP contribution in [0.25, 0.3) is 0 Å². The molecule has 130 valence electrons. The maximum absolute atomic E-state index is 10.4. The fourth-order valence-electron chi connectivity index (χ4n) is 1.39. The van der Waals surface area contributed by atoms with Crippen molar-refractivity contribution < 1.29 is 28.5 Å². The van der Waals surface area contributed by atoms with Gasteiger partial charge in [0.15, 0.2) is 0 Å². The zero-order valence-corrected chi connectivity index (χ0v) is 14.2. The maximum atomic E-state index is 10.4. The van der Waals surface area contributed by atoms with Crippen LogP contribution in [0, 0.1) is 0 Å². The van der Waals surface area contributed by atoms with Gasteiger partial charge in [-0.25, -0.2) is 0 Å². The molecule has 0 amide bonds. The van der Waals surface area contributed by atoms with Crippen molar-refractivity contribution in [2.75, 3.05) is 52.9 Å². The summed E-state index contributed by atoms with van der Waals surface area (Å²) in [6.45, 7) is 3.94. The average molecular weight is 359 g/mol. The molecule has 0 fully saturated rings. The van der Waals surface area contributed by atoms with Crippen molar-refractivity contribution in [2.45, 2.75) is 25.7 Å². The number of hydrogen-bond donors (Lipinski definition) is 0. The summed E-state index contributed by atoms with van der Waals surface area (Å²) in [4.78, 5) is 20.9. The minimum absolute atomic E-state index is 0.334. The highest BCUT2D eigenvalue weighted by Gasteiger charge is 1.97. The lowest BCUT2D eigenvalue weighted by molar-refractivity contribution is -0.112. The molecule has 0 aliphatic carbocycles.